The van der Waals surface area contributed by atoms with Gasteiger partial charge in [-0.05, 0) is 60.8 Å². The van der Waals surface area contributed by atoms with Gasteiger partial charge < -0.3 is 19.8 Å². The molecule has 0 bridgehead atoms. The van der Waals surface area contributed by atoms with Gasteiger partial charge in [0.2, 0.25) is 5.91 Å². The molecule has 1 aliphatic heterocycles. The lowest BCUT2D eigenvalue weighted by atomic mass is 10.0. The van der Waals surface area contributed by atoms with E-state index in [1.54, 1.807) is 39.8 Å². The maximum Gasteiger partial charge on any atom is 0.306 e. The summed E-state index contributed by atoms with van der Waals surface area (Å²) in [6.07, 6.45) is 0.0896. The van der Waals surface area contributed by atoms with Gasteiger partial charge in [-0.2, -0.15) is 0 Å². The van der Waals surface area contributed by atoms with Gasteiger partial charge in [-0.15, -0.1) is 0 Å². The molecule has 0 radical (unpaired) electrons. The highest BCUT2D eigenvalue weighted by Crippen LogP contribution is 2.33. The molecule has 2 heterocycles. The number of oxazole rings is 1. The van der Waals surface area contributed by atoms with Crippen LogP contribution in [0.2, 0.25) is 0 Å². The Labute approximate surface area is 182 Å². The van der Waals surface area contributed by atoms with Gasteiger partial charge in [0.05, 0.1) is 0 Å². The third-order valence-electron chi connectivity index (χ3n) is 4.65. The smallest absolute Gasteiger partial charge is 0.306 e. The Morgan fingerprint density at radius 2 is 2.07 bits per heavy atom. The second kappa shape index (κ2) is 8.22. The first-order valence-electron chi connectivity index (χ1n) is 9.54. The molecule has 0 saturated carbocycles. The number of hydrogen-bond donors (Lipinski definition) is 1. The Hall–Kier alpha value is -2.68. The number of carbonyl (C=O) groups excluding carboxylic acids is 3. The van der Waals surface area contributed by atoms with E-state index in [0.29, 0.717) is 21.8 Å². The Balaban J connectivity index is 1.78. The van der Waals surface area contributed by atoms with E-state index in [-0.39, 0.29) is 25.3 Å². The number of ether oxygens (including phenoxy) is 1. The molecule has 1 aliphatic rings. The van der Waals surface area contributed by atoms with Crippen LogP contribution in [0, 0.1) is 6.92 Å². The zero-order valence-corrected chi connectivity index (χ0v) is 18.9. The van der Waals surface area contributed by atoms with Gasteiger partial charge in [0, 0.05) is 31.0 Å². The lowest BCUT2D eigenvalue weighted by Gasteiger charge is -2.25. The molecule has 2 aromatic rings. The van der Waals surface area contributed by atoms with Crippen molar-refractivity contribution in [3.8, 4) is 11.3 Å². The first-order valence-corrected chi connectivity index (χ1v) is 10.3. The van der Waals surface area contributed by atoms with Crippen LogP contribution in [0.25, 0.3) is 11.3 Å². The molecular formula is C21H24BrN3O5. The minimum absolute atomic E-state index is 0.0125. The quantitative estimate of drug-likeness (QED) is 0.637. The standard InChI is InChI=1S/C21H24BrN3O5/c1-11-24-17(18(22)29-11)12-5-6-14-13(9-12)10-25(20(14)28)15(19(23)27)7-8-16(26)30-21(2,3)4/h5-6,9,15H,7-8,10H2,1-4H3,(H2,23,27). The molecule has 160 valence electrons. The molecular weight excluding hydrogens is 454 g/mol. The van der Waals surface area contributed by atoms with Crippen molar-refractivity contribution >= 4 is 33.7 Å². The zero-order chi connectivity index (χ0) is 22.2. The summed E-state index contributed by atoms with van der Waals surface area (Å²) < 4.78 is 11.2. The molecule has 1 aromatic carbocycles. The van der Waals surface area contributed by atoms with Crippen LogP contribution < -0.4 is 5.73 Å². The van der Waals surface area contributed by atoms with Gasteiger partial charge in [-0.1, -0.05) is 6.07 Å². The number of fused-ring (bicyclic) bond motifs is 1. The maximum absolute atomic E-state index is 12.9. The second-order valence-electron chi connectivity index (χ2n) is 8.20. The minimum Gasteiger partial charge on any atom is -0.460 e. The highest BCUT2D eigenvalue weighted by Gasteiger charge is 2.36. The van der Waals surface area contributed by atoms with Crippen molar-refractivity contribution in [3.05, 3.63) is 39.9 Å². The summed E-state index contributed by atoms with van der Waals surface area (Å²) in [5, 5.41) is 0. The van der Waals surface area contributed by atoms with Crippen LogP contribution in [0.5, 0.6) is 0 Å². The van der Waals surface area contributed by atoms with Gasteiger partial charge >= 0.3 is 5.97 Å². The normalized spacial score (nSPS) is 14.6. The number of aromatic nitrogens is 1. The Morgan fingerprint density at radius 1 is 1.37 bits per heavy atom. The number of esters is 1. The monoisotopic (exact) mass is 477 g/mol. The Kier molecular flexibility index (Phi) is 6.03. The zero-order valence-electron chi connectivity index (χ0n) is 17.3. The van der Waals surface area contributed by atoms with E-state index in [2.05, 4.69) is 20.9 Å². The summed E-state index contributed by atoms with van der Waals surface area (Å²) in [7, 11) is 0. The van der Waals surface area contributed by atoms with Crippen LogP contribution in [-0.2, 0) is 20.9 Å². The number of carbonyl (C=O) groups is 3. The third-order valence-corrected chi connectivity index (χ3v) is 5.19. The topological polar surface area (TPSA) is 116 Å². The van der Waals surface area contributed by atoms with Crippen molar-refractivity contribution < 1.29 is 23.5 Å². The highest BCUT2D eigenvalue weighted by molar-refractivity contribution is 9.10. The maximum atomic E-state index is 12.9. The SMILES string of the molecule is Cc1nc(-c2ccc3c(c2)CN(C(CCC(=O)OC(C)(C)C)C(N)=O)C3=O)c(Br)o1. The van der Waals surface area contributed by atoms with E-state index >= 15 is 0 Å². The number of aryl methyl sites for hydroxylation is 1. The lowest BCUT2D eigenvalue weighted by molar-refractivity contribution is -0.155. The average Bonchev–Trinajstić information content (AvgIpc) is 3.12. The number of primary amides is 1. The van der Waals surface area contributed by atoms with Gasteiger partial charge in [-0.25, -0.2) is 4.98 Å². The van der Waals surface area contributed by atoms with Crippen LogP contribution in [0.1, 0.15) is 55.4 Å². The third kappa shape index (κ3) is 4.72. The predicted octanol–water partition coefficient (Wildman–Crippen LogP) is 3.34. The van der Waals surface area contributed by atoms with Crippen molar-refractivity contribution in [1.29, 1.82) is 0 Å². The molecule has 8 nitrogen and oxygen atoms in total. The molecule has 1 atom stereocenters. The molecule has 9 heteroatoms. The van der Waals surface area contributed by atoms with E-state index < -0.39 is 23.5 Å². The Morgan fingerprint density at radius 3 is 2.63 bits per heavy atom. The highest BCUT2D eigenvalue weighted by atomic mass is 79.9. The van der Waals surface area contributed by atoms with Crippen molar-refractivity contribution in [2.45, 2.75) is 58.7 Å². The number of halogens is 1. The van der Waals surface area contributed by atoms with Crippen LogP contribution in [0.15, 0.2) is 27.3 Å². The molecule has 0 aliphatic carbocycles. The largest absolute Gasteiger partial charge is 0.460 e. The Bertz CT molecular complexity index is 1010. The van der Waals surface area contributed by atoms with Crippen LogP contribution >= 0.6 is 15.9 Å². The van der Waals surface area contributed by atoms with Crippen molar-refractivity contribution in [3.63, 3.8) is 0 Å². The fraction of sp³-hybridized carbons (Fsp3) is 0.429. The summed E-state index contributed by atoms with van der Waals surface area (Å²) >= 11 is 3.34. The molecule has 1 aromatic heterocycles. The molecule has 0 saturated heterocycles. The number of amides is 2. The van der Waals surface area contributed by atoms with Gasteiger partial charge in [0.1, 0.15) is 17.3 Å². The van der Waals surface area contributed by atoms with Crippen LogP contribution in [0.3, 0.4) is 0 Å². The molecule has 3 rings (SSSR count). The number of nitrogens with zero attached hydrogens (tertiary/aromatic N) is 2. The molecule has 0 spiro atoms. The fourth-order valence-corrected chi connectivity index (χ4v) is 3.97. The summed E-state index contributed by atoms with van der Waals surface area (Å²) in [4.78, 5) is 42.8. The van der Waals surface area contributed by atoms with E-state index in [0.717, 1.165) is 11.1 Å². The van der Waals surface area contributed by atoms with Crippen molar-refractivity contribution in [2.24, 2.45) is 5.73 Å². The molecule has 30 heavy (non-hydrogen) atoms. The summed E-state index contributed by atoms with van der Waals surface area (Å²) in [6.45, 7) is 7.27. The molecule has 2 amide bonds. The van der Waals surface area contributed by atoms with E-state index in [1.165, 1.54) is 4.90 Å². The number of rotatable bonds is 6. The molecule has 2 N–H and O–H groups in total. The van der Waals surface area contributed by atoms with Crippen LogP contribution in [0.4, 0.5) is 0 Å². The summed E-state index contributed by atoms with van der Waals surface area (Å²) in [5.74, 6) is -0.868. The van der Waals surface area contributed by atoms with Crippen molar-refractivity contribution in [2.75, 3.05) is 0 Å². The van der Waals surface area contributed by atoms with Gasteiger partial charge in [0.25, 0.3) is 5.91 Å². The second-order valence-corrected chi connectivity index (χ2v) is 8.92. The summed E-state index contributed by atoms with van der Waals surface area (Å²) in [6, 6.07) is 4.43. The molecule has 0 fully saturated rings. The first kappa shape index (κ1) is 22.0. The van der Waals surface area contributed by atoms with Crippen molar-refractivity contribution in [1.82, 2.24) is 9.88 Å². The summed E-state index contributed by atoms with van der Waals surface area (Å²) in [5.41, 5.74) is 7.62. The number of nitrogens with two attached hydrogens (primary N) is 1. The first-order chi connectivity index (χ1) is 14.0. The fourth-order valence-electron chi connectivity index (χ4n) is 3.42. The van der Waals surface area contributed by atoms with Crippen LogP contribution in [-0.4, -0.2) is 39.3 Å². The lowest BCUT2D eigenvalue weighted by Crippen LogP contribution is -2.45. The number of hydrogen-bond acceptors (Lipinski definition) is 6. The average molecular weight is 478 g/mol. The van der Waals surface area contributed by atoms with E-state index in [9.17, 15) is 14.4 Å². The molecule has 1 unspecified atom stereocenters. The predicted molar refractivity (Wildman–Crippen MR) is 112 cm³/mol. The van der Waals surface area contributed by atoms with Gasteiger partial charge in [-0.3, -0.25) is 14.4 Å². The minimum atomic E-state index is -0.901. The number of benzene rings is 1. The van der Waals surface area contributed by atoms with Gasteiger partial charge in [0.15, 0.2) is 10.6 Å². The van der Waals surface area contributed by atoms with E-state index in [1.807, 2.05) is 6.07 Å². The van der Waals surface area contributed by atoms with E-state index in [4.69, 9.17) is 14.9 Å².